The van der Waals surface area contributed by atoms with Crippen LogP contribution in [0.2, 0.25) is 0 Å². The Hall–Kier alpha value is 0.280. The van der Waals surface area contributed by atoms with E-state index in [1.165, 1.54) is 0 Å². The third-order valence-electron chi connectivity index (χ3n) is 0.976. The molecule has 1 aromatic carbocycles. The minimum absolute atomic E-state index is 0.719. The summed E-state index contributed by atoms with van der Waals surface area (Å²) >= 11 is 4.41. The fraction of sp³-hybridized carbons (Fsp3) is 0. The van der Waals surface area contributed by atoms with E-state index in [4.69, 9.17) is 5.53 Å². The average molecular weight is 358 g/mol. The molecule has 52 valence electrons. The molecule has 0 fully saturated rings. The Labute approximate surface area is 86.2 Å². The van der Waals surface area contributed by atoms with Crippen LogP contribution in [0, 0.1) is 12.7 Å². The highest BCUT2D eigenvalue weighted by atomic mass is 127. The maximum absolute atomic E-state index is 6.76. The number of rotatable bonds is 1. The van der Waals surface area contributed by atoms with Gasteiger partial charge in [0.1, 0.15) is 0 Å². The second-order valence-electron chi connectivity index (χ2n) is 1.74. The van der Waals surface area contributed by atoms with E-state index >= 15 is 0 Å². The third kappa shape index (κ3) is 2.15. The van der Waals surface area contributed by atoms with Gasteiger partial charge in [0.15, 0.2) is 0 Å². The van der Waals surface area contributed by atoms with Gasteiger partial charge in [-0.1, -0.05) is 0 Å². The molecule has 0 heterocycles. The largest absolute Gasteiger partial charge is 0.204 e. The van der Waals surface area contributed by atoms with Gasteiger partial charge in [0.2, 0.25) is 0 Å². The van der Waals surface area contributed by atoms with Crippen LogP contribution in [0.3, 0.4) is 0 Å². The number of nitrogens with zero attached hydrogens (tertiary/aromatic N) is 1. The second kappa shape index (κ2) is 3.61. The molecule has 0 saturated heterocycles. The Morgan fingerprint density at radius 2 is 1.60 bits per heavy atom. The molecule has 0 amide bonds. The van der Waals surface area contributed by atoms with Gasteiger partial charge in [0.05, 0.1) is 5.69 Å². The van der Waals surface area contributed by atoms with Crippen LogP contribution in [0.4, 0.5) is 5.69 Å². The van der Waals surface area contributed by atoms with Crippen molar-refractivity contribution in [1.82, 2.24) is 0 Å². The zero-order chi connectivity index (χ0) is 7.56. The van der Waals surface area contributed by atoms with Crippen molar-refractivity contribution >= 4 is 50.9 Å². The standard InChI is InChI=1S/C6H4I2N2/c7-4-1-5(8)3-6(2-4)10-9/h1-3,9H. The average Bonchev–Trinajstić information content (AvgIpc) is 1.85. The van der Waals surface area contributed by atoms with E-state index in [9.17, 15) is 0 Å². The lowest BCUT2D eigenvalue weighted by Gasteiger charge is -1.93. The fourth-order valence-electron chi connectivity index (χ4n) is 0.604. The molecule has 2 nitrogen and oxygen atoms in total. The first kappa shape index (κ1) is 8.38. The van der Waals surface area contributed by atoms with Crippen molar-refractivity contribution in [2.24, 2.45) is 5.11 Å². The minimum Gasteiger partial charge on any atom is -0.204 e. The van der Waals surface area contributed by atoms with E-state index in [0.29, 0.717) is 0 Å². The Kier molecular flexibility index (Phi) is 3.02. The zero-order valence-electron chi connectivity index (χ0n) is 4.94. The summed E-state index contributed by atoms with van der Waals surface area (Å²) in [5.74, 6) is 0. The van der Waals surface area contributed by atoms with Gasteiger partial charge in [-0.3, -0.25) is 0 Å². The van der Waals surface area contributed by atoms with Gasteiger partial charge in [-0.15, -0.1) is 0 Å². The monoisotopic (exact) mass is 358 g/mol. The van der Waals surface area contributed by atoms with Crippen LogP contribution in [-0.2, 0) is 0 Å². The summed E-state index contributed by atoms with van der Waals surface area (Å²) in [7, 11) is 0. The van der Waals surface area contributed by atoms with E-state index in [1.54, 1.807) is 0 Å². The molecule has 4 heteroatoms. The summed E-state index contributed by atoms with van der Waals surface area (Å²) in [6.07, 6.45) is 0. The first-order valence-corrected chi connectivity index (χ1v) is 4.71. The first-order valence-electron chi connectivity index (χ1n) is 2.56. The van der Waals surface area contributed by atoms with Gasteiger partial charge >= 0.3 is 0 Å². The van der Waals surface area contributed by atoms with Crippen LogP contribution in [0.15, 0.2) is 23.3 Å². The van der Waals surface area contributed by atoms with Gasteiger partial charge in [-0.2, -0.15) is 5.11 Å². The number of nitrogens with one attached hydrogen (secondary N) is 1. The highest BCUT2D eigenvalue weighted by Gasteiger charge is 1.93. The predicted octanol–water partition coefficient (Wildman–Crippen LogP) is 3.56. The normalized spacial score (nSPS) is 9.40. The zero-order valence-corrected chi connectivity index (χ0v) is 9.25. The van der Waals surface area contributed by atoms with Gasteiger partial charge in [-0.05, 0) is 63.4 Å². The third-order valence-corrected chi connectivity index (χ3v) is 2.22. The smallest absolute Gasteiger partial charge is 0.0871 e. The maximum Gasteiger partial charge on any atom is 0.0871 e. The second-order valence-corrected chi connectivity index (χ2v) is 4.23. The molecule has 0 aliphatic heterocycles. The lowest BCUT2D eigenvalue weighted by molar-refractivity contribution is 1.14. The van der Waals surface area contributed by atoms with E-state index in [0.717, 1.165) is 12.8 Å². The van der Waals surface area contributed by atoms with Crippen molar-refractivity contribution in [2.45, 2.75) is 0 Å². The van der Waals surface area contributed by atoms with Gasteiger partial charge < -0.3 is 0 Å². The first-order chi connectivity index (χ1) is 4.72. The molecule has 0 unspecified atom stereocenters. The summed E-state index contributed by atoms with van der Waals surface area (Å²) in [5, 5.41) is 3.33. The van der Waals surface area contributed by atoms with Crippen molar-refractivity contribution in [3.63, 3.8) is 0 Å². The van der Waals surface area contributed by atoms with Crippen LogP contribution in [-0.4, -0.2) is 0 Å². The lowest BCUT2D eigenvalue weighted by atomic mass is 10.3. The molecule has 10 heavy (non-hydrogen) atoms. The van der Waals surface area contributed by atoms with E-state index < -0.39 is 0 Å². The van der Waals surface area contributed by atoms with Crippen molar-refractivity contribution in [3.05, 3.63) is 25.3 Å². The van der Waals surface area contributed by atoms with Gasteiger partial charge in [0, 0.05) is 7.14 Å². The number of hydrogen-bond donors (Lipinski definition) is 1. The van der Waals surface area contributed by atoms with E-state index in [1.807, 2.05) is 18.2 Å². The van der Waals surface area contributed by atoms with Crippen LogP contribution in [0.5, 0.6) is 0 Å². The topological polar surface area (TPSA) is 36.2 Å². The highest BCUT2D eigenvalue weighted by molar-refractivity contribution is 14.1. The van der Waals surface area contributed by atoms with Gasteiger partial charge in [-0.25, -0.2) is 5.53 Å². The molecule has 0 radical (unpaired) electrons. The van der Waals surface area contributed by atoms with Crippen molar-refractivity contribution in [3.8, 4) is 0 Å². The molecule has 0 bridgehead atoms. The van der Waals surface area contributed by atoms with Crippen LogP contribution >= 0.6 is 45.2 Å². The molecule has 1 rings (SSSR count). The summed E-state index contributed by atoms with van der Waals surface area (Å²) in [6.45, 7) is 0. The molecule has 0 atom stereocenters. The molecule has 0 saturated carbocycles. The number of benzene rings is 1. The highest BCUT2D eigenvalue weighted by Crippen LogP contribution is 2.19. The summed E-state index contributed by atoms with van der Waals surface area (Å²) in [6, 6.07) is 5.78. The summed E-state index contributed by atoms with van der Waals surface area (Å²) < 4.78 is 2.24. The van der Waals surface area contributed by atoms with E-state index in [-0.39, 0.29) is 0 Å². The van der Waals surface area contributed by atoms with E-state index in [2.05, 4.69) is 50.3 Å². The van der Waals surface area contributed by atoms with Crippen molar-refractivity contribution in [1.29, 1.82) is 5.53 Å². The Morgan fingerprint density at radius 1 is 1.10 bits per heavy atom. The SMILES string of the molecule is N=Nc1cc(I)cc(I)c1. The molecular weight excluding hydrogens is 354 g/mol. The number of halogens is 2. The molecule has 0 aliphatic rings. The lowest BCUT2D eigenvalue weighted by Crippen LogP contribution is -1.73. The summed E-state index contributed by atoms with van der Waals surface area (Å²) in [5.41, 5.74) is 7.47. The van der Waals surface area contributed by atoms with Crippen LogP contribution in [0.1, 0.15) is 0 Å². The molecule has 1 N–H and O–H groups in total. The predicted molar refractivity (Wildman–Crippen MR) is 56.7 cm³/mol. The molecule has 0 spiro atoms. The maximum atomic E-state index is 6.76. The van der Waals surface area contributed by atoms with Crippen molar-refractivity contribution < 1.29 is 0 Å². The summed E-state index contributed by atoms with van der Waals surface area (Å²) in [4.78, 5) is 0. The Morgan fingerprint density at radius 3 is 2.00 bits per heavy atom. The fourth-order valence-corrected chi connectivity index (χ4v) is 2.51. The van der Waals surface area contributed by atoms with Gasteiger partial charge in [0.25, 0.3) is 0 Å². The Bertz CT molecular complexity index is 240. The molecular formula is C6H4I2N2. The molecule has 0 aromatic heterocycles. The Balaban J connectivity index is 3.18. The number of hydrogen-bond acceptors (Lipinski definition) is 2. The van der Waals surface area contributed by atoms with Crippen LogP contribution in [0.25, 0.3) is 0 Å². The van der Waals surface area contributed by atoms with Crippen LogP contribution < -0.4 is 0 Å². The van der Waals surface area contributed by atoms with Crippen molar-refractivity contribution in [2.75, 3.05) is 0 Å². The minimum atomic E-state index is 0.719. The quantitative estimate of drug-likeness (QED) is 0.589. The molecule has 1 aromatic rings. The molecule has 0 aliphatic carbocycles.